The van der Waals surface area contributed by atoms with Crippen LogP contribution in [0.4, 0.5) is 0 Å². The summed E-state index contributed by atoms with van der Waals surface area (Å²) in [7, 11) is 0. The molecule has 0 heterocycles. The van der Waals surface area contributed by atoms with Crippen LogP contribution in [0.1, 0.15) is 99.3 Å². The second kappa shape index (κ2) is 8.42. The number of aliphatic hydroxyl groups excluding tert-OH is 1. The van der Waals surface area contributed by atoms with Crippen LogP contribution in [0.2, 0.25) is 0 Å². The van der Waals surface area contributed by atoms with E-state index in [-0.39, 0.29) is 6.10 Å². The molecule has 4 aliphatic rings. The van der Waals surface area contributed by atoms with Crippen molar-refractivity contribution in [1.29, 1.82) is 0 Å². The van der Waals surface area contributed by atoms with Crippen LogP contribution >= 0.6 is 0 Å². The molecule has 0 aromatic carbocycles. The van der Waals surface area contributed by atoms with E-state index < -0.39 is 0 Å². The van der Waals surface area contributed by atoms with Crippen LogP contribution in [0.25, 0.3) is 0 Å². The third-order valence-corrected chi connectivity index (χ3v) is 10.8. The van der Waals surface area contributed by atoms with Crippen LogP contribution in [-0.4, -0.2) is 11.2 Å². The summed E-state index contributed by atoms with van der Waals surface area (Å²) in [6, 6.07) is 0. The summed E-state index contributed by atoms with van der Waals surface area (Å²) < 4.78 is 0. The van der Waals surface area contributed by atoms with E-state index in [4.69, 9.17) is 0 Å². The minimum absolute atomic E-state index is 0.0870. The molecule has 5 unspecified atom stereocenters. The molecule has 0 saturated heterocycles. The number of hydrogen-bond acceptors (Lipinski definition) is 1. The molecule has 0 aromatic rings. The van der Waals surface area contributed by atoms with Gasteiger partial charge in [0.2, 0.25) is 0 Å². The van der Waals surface area contributed by atoms with Gasteiger partial charge >= 0.3 is 0 Å². The zero-order valence-corrected chi connectivity index (χ0v) is 20.7. The van der Waals surface area contributed by atoms with Gasteiger partial charge in [0.25, 0.3) is 0 Å². The van der Waals surface area contributed by atoms with Crippen LogP contribution in [0, 0.1) is 52.3 Å². The molecule has 170 valence electrons. The molecular weight excluding hydrogens is 364 g/mol. The van der Waals surface area contributed by atoms with Gasteiger partial charge in [0.15, 0.2) is 0 Å². The Hall–Kier alpha value is -0.560. The number of hydrogen-bond donors (Lipinski definition) is 1. The summed E-state index contributed by atoms with van der Waals surface area (Å²) >= 11 is 0. The second-order valence-electron chi connectivity index (χ2n) is 12.4. The SMILES string of the molecule is CCC(C=C[C@@H](C)C1CCC2C3CC=C4C[C@H](O)CC[C@]4(C)C3CC[C@@]21C)C(C)C. The Labute approximate surface area is 186 Å². The highest BCUT2D eigenvalue weighted by molar-refractivity contribution is 5.25. The van der Waals surface area contributed by atoms with E-state index in [1.165, 1.54) is 44.9 Å². The van der Waals surface area contributed by atoms with Crippen molar-refractivity contribution in [3.05, 3.63) is 23.8 Å². The number of allylic oxidation sites excluding steroid dienone is 3. The van der Waals surface area contributed by atoms with Crippen LogP contribution in [0.3, 0.4) is 0 Å². The lowest BCUT2D eigenvalue weighted by atomic mass is 9.47. The third-order valence-electron chi connectivity index (χ3n) is 10.8. The Kier molecular flexibility index (Phi) is 6.35. The summed E-state index contributed by atoms with van der Waals surface area (Å²) in [5.74, 6) is 5.70. The normalized spacial score (nSPS) is 45.6. The van der Waals surface area contributed by atoms with Crippen LogP contribution in [-0.2, 0) is 0 Å². The maximum absolute atomic E-state index is 10.2. The molecule has 4 aliphatic carbocycles. The monoisotopic (exact) mass is 412 g/mol. The minimum atomic E-state index is -0.0870. The van der Waals surface area contributed by atoms with Crippen molar-refractivity contribution in [1.82, 2.24) is 0 Å². The summed E-state index contributed by atoms with van der Waals surface area (Å²) in [5, 5.41) is 10.2. The fourth-order valence-corrected chi connectivity index (χ4v) is 8.83. The summed E-state index contributed by atoms with van der Waals surface area (Å²) in [6.45, 7) is 14.8. The molecule has 0 bridgehead atoms. The quantitative estimate of drug-likeness (QED) is 0.457. The molecule has 0 amide bonds. The highest BCUT2D eigenvalue weighted by Gasteiger charge is 2.58. The zero-order chi connectivity index (χ0) is 21.7. The molecule has 1 N–H and O–H groups in total. The van der Waals surface area contributed by atoms with Gasteiger partial charge in [0.05, 0.1) is 6.10 Å². The molecule has 1 heteroatoms. The van der Waals surface area contributed by atoms with Gasteiger partial charge in [-0.2, -0.15) is 0 Å². The van der Waals surface area contributed by atoms with Gasteiger partial charge in [-0.3, -0.25) is 0 Å². The fraction of sp³-hybridized carbons (Fsp3) is 0.862. The van der Waals surface area contributed by atoms with Gasteiger partial charge in [0.1, 0.15) is 0 Å². The van der Waals surface area contributed by atoms with Crippen molar-refractivity contribution in [2.45, 2.75) is 105 Å². The number of rotatable bonds is 5. The van der Waals surface area contributed by atoms with E-state index >= 15 is 0 Å². The molecule has 0 aromatic heterocycles. The van der Waals surface area contributed by atoms with Crippen molar-refractivity contribution in [3.63, 3.8) is 0 Å². The third kappa shape index (κ3) is 3.66. The smallest absolute Gasteiger partial charge is 0.0577 e. The predicted octanol–water partition coefficient (Wildman–Crippen LogP) is 7.80. The second-order valence-corrected chi connectivity index (χ2v) is 12.4. The van der Waals surface area contributed by atoms with E-state index in [2.05, 4.69) is 59.8 Å². The first-order valence-corrected chi connectivity index (χ1v) is 13.3. The average molecular weight is 413 g/mol. The Morgan fingerprint density at radius 2 is 1.80 bits per heavy atom. The van der Waals surface area contributed by atoms with Crippen molar-refractivity contribution in [2.24, 2.45) is 52.3 Å². The standard InChI is InChI=1S/C29H48O/c1-7-21(19(2)3)9-8-20(4)25-12-13-26-24-11-10-22-18-23(30)14-16-28(22,5)27(24)15-17-29(25,26)6/h8-10,19-21,23-27,30H,7,11-18H2,1-6H3/t20-,21?,23-,24?,25?,26?,27?,28+,29-/m1/s1. The van der Waals surface area contributed by atoms with Gasteiger partial charge < -0.3 is 5.11 Å². The fourth-order valence-electron chi connectivity index (χ4n) is 8.83. The van der Waals surface area contributed by atoms with Crippen molar-refractivity contribution < 1.29 is 5.11 Å². The maximum Gasteiger partial charge on any atom is 0.0577 e. The molecule has 9 atom stereocenters. The Morgan fingerprint density at radius 3 is 2.50 bits per heavy atom. The van der Waals surface area contributed by atoms with E-state index in [1.807, 2.05) is 0 Å². The van der Waals surface area contributed by atoms with Crippen molar-refractivity contribution in [3.8, 4) is 0 Å². The average Bonchev–Trinajstić information content (AvgIpc) is 3.06. The first kappa shape index (κ1) is 22.6. The molecule has 0 radical (unpaired) electrons. The number of aliphatic hydroxyl groups is 1. The summed E-state index contributed by atoms with van der Waals surface area (Å²) in [5.41, 5.74) is 2.51. The van der Waals surface area contributed by atoms with Gasteiger partial charge in [-0.15, -0.1) is 0 Å². The van der Waals surface area contributed by atoms with Gasteiger partial charge in [-0.1, -0.05) is 65.3 Å². The highest BCUT2D eigenvalue weighted by Crippen LogP contribution is 2.67. The number of fused-ring (bicyclic) bond motifs is 5. The molecule has 3 fully saturated rings. The highest BCUT2D eigenvalue weighted by atomic mass is 16.3. The van der Waals surface area contributed by atoms with Crippen molar-refractivity contribution >= 4 is 0 Å². The van der Waals surface area contributed by atoms with E-state index in [0.29, 0.717) is 16.7 Å². The lowest BCUT2D eigenvalue weighted by Crippen LogP contribution is -2.50. The predicted molar refractivity (Wildman–Crippen MR) is 128 cm³/mol. The molecule has 3 saturated carbocycles. The topological polar surface area (TPSA) is 20.2 Å². The molecule has 0 spiro atoms. The first-order valence-electron chi connectivity index (χ1n) is 13.3. The first-order chi connectivity index (χ1) is 14.2. The Morgan fingerprint density at radius 1 is 1.03 bits per heavy atom. The summed E-state index contributed by atoms with van der Waals surface area (Å²) in [6.07, 6.45) is 19.1. The molecule has 0 aliphatic heterocycles. The lowest BCUT2D eigenvalue weighted by Gasteiger charge is -2.58. The van der Waals surface area contributed by atoms with Crippen LogP contribution in [0.15, 0.2) is 23.8 Å². The zero-order valence-electron chi connectivity index (χ0n) is 20.7. The van der Waals surface area contributed by atoms with Gasteiger partial charge in [-0.25, -0.2) is 0 Å². The van der Waals surface area contributed by atoms with E-state index in [1.54, 1.807) is 5.57 Å². The van der Waals surface area contributed by atoms with E-state index in [9.17, 15) is 5.11 Å². The Balaban J connectivity index is 1.52. The van der Waals surface area contributed by atoms with Crippen molar-refractivity contribution in [2.75, 3.05) is 0 Å². The lowest BCUT2D eigenvalue weighted by molar-refractivity contribution is -0.0540. The van der Waals surface area contributed by atoms with E-state index in [0.717, 1.165) is 48.3 Å². The minimum Gasteiger partial charge on any atom is -0.393 e. The van der Waals surface area contributed by atoms with Gasteiger partial charge in [0, 0.05) is 0 Å². The van der Waals surface area contributed by atoms with Crippen LogP contribution < -0.4 is 0 Å². The largest absolute Gasteiger partial charge is 0.393 e. The maximum atomic E-state index is 10.2. The molecule has 30 heavy (non-hydrogen) atoms. The van der Waals surface area contributed by atoms with Crippen LogP contribution in [0.5, 0.6) is 0 Å². The molecular formula is C29H48O. The molecule has 4 rings (SSSR count). The molecule has 1 nitrogen and oxygen atoms in total. The Bertz CT molecular complexity index is 674. The van der Waals surface area contributed by atoms with Gasteiger partial charge in [-0.05, 0) is 110 Å². The summed E-state index contributed by atoms with van der Waals surface area (Å²) in [4.78, 5) is 0.